The maximum Gasteiger partial charge on any atom is 0.120 e. The fraction of sp³-hybridized carbons (Fsp3) is 0.267. The third-order valence-electron chi connectivity index (χ3n) is 3.01. The zero-order valence-electron chi connectivity index (χ0n) is 10.3. The maximum absolute atomic E-state index is 10.3. The van der Waals surface area contributed by atoms with Crippen molar-refractivity contribution in [3.8, 4) is 5.75 Å². The number of methoxy groups -OCH3 is 1. The second-order valence-electron chi connectivity index (χ2n) is 4.23. The van der Waals surface area contributed by atoms with E-state index >= 15 is 0 Å². The molecule has 0 aromatic heterocycles. The van der Waals surface area contributed by atoms with Crippen molar-refractivity contribution in [3.63, 3.8) is 0 Å². The molecular weight excluding hydrogens is 228 g/mol. The van der Waals surface area contributed by atoms with Crippen LogP contribution in [-0.4, -0.2) is 18.5 Å². The summed E-state index contributed by atoms with van der Waals surface area (Å²) in [6.07, 6.45) is 1.09. The van der Waals surface area contributed by atoms with Gasteiger partial charge in [-0.1, -0.05) is 18.2 Å². The normalized spacial score (nSPS) is 12.3. The molecule has 0 radical (unpaired) electrons. The minimum absolute atomic E-state index is 0.377. The topological polar surface area (TPSA) is 46.5 Å². The van der Waals surface area contributed by atoms with Gasteiger partial charge in [-0.25, -0.2) is 0 Å². The number of carbonyl (C=O) groups is 1. The number of rotatable bonds is 5. The van der Waals surface area contributed by atoms with Gasteiger partial charge in [0, 0.05) is 6.42 Å². The molecule has 0 amide bonds. The van der Waals surface area contributed by atoms with Gasteiger partial charge in [0.2, 0.25) is 0 Å². The van der Waals surface area contributed by atoms with E-state index in [1.807, 2.05) is 36.4 Å². The van der Waals surface area contributed by atoms with Crippen LogP contribution in [-0.2, 0) is 4.79 Å². The van der Waals surface area contributed by atoms with Crippen molar-refractivity contribution in [2.75, 3.05) is 7.11 Å². The average molecular weight is 244 g/mol. The highest BCUT2D eigenvalue weighted by molar-refractivity contribution is 5.84. The van der Waals surface area contributed by atoms with Crippen LogP contribution in [0.3, 0.4) is 0 Å². The summed E-state index contributed by atoms with van der Waals surface area (Å²) in [7, 11) is 1.64. The van der Waals surface area contributed by atoms with E-state index in [-0.39, 0.29) is 0 Å². The first kappa shape index (κ1) is 12.6. The summed E-state index contributed by atoms with van der Waals surface area (Å²) in [5.74, 6) is 0.816. The first-order valence-corrected chi connectivity index (χ1v) is 5.94. The summed E-state index contributed by atoms with van der Waals surface area (Å²) in [5, 5.41) is 12.1. The minimum atomic E-state index is -0.582. The average Bonchev–Trinajstić information content (AvgIpc) is 2.43. The first-order valence-electron chi connectivity index (χ1n) is 5.94. The molecule has 3 nitrogen and oxygen atoms in total. The lowest BCUT2D eigenvalue weighted by Crippen LogP contribution is -1.97. The second kappa shape index (κ2) is 5.65. The van der Waals surface area contributed by atoms with Gasteiger partial charge in [-0.05, 0) is 41.0 Å². The molecule has 0 aliphatic heterocycles. The van der Waals surface area contributed by atoms with E-state index in [4.69, 9.17) is 4.74 Å². The van der Waals surface area contributed by atoms with Crippen LogP contribution in [0.1, 0.15) is 24.5 Å². The van der Waals surface area contributed by atoms with Crippen LogP contribution >= 0.6 is 0 Å². The van der Waals surface area contributed by atoms with Crippen LogP contribution in [0.25, 0.3) is 10.8 Å². The lowest BCUT2D eigenvalue weighted by atomic mass is 10.0. The van der Waals surface area contributed by atoms with Crippen LogP contribution < -0.4 is 4.74 Å². The summed E-state index contributed by atoms with van der Waals surface area (Å²) in [6, 6.07) is 11.6. The van der Waals surface area contributed by atoms with E-state index in [0.717, 1.165) is 28.4 Å². The van der Waals surface area contributed by atoms with Crippen LogP contribution in [0.15, 0.2) is 36.4 Å². The number of ether oxygens (including phenoxy) is 1. The quantitative estimate of drug-likeness (QED) is 0.823. The van der Waals surface area contributed by atoms with Gasteiger partial charge in [-0.15, -0.1) is 0 Å². The Balaban J connectivity index is 2.29. The Morgan fingerprint density at radius 1 is 1.22 bits per heavy atom. The standard InChI is InChI=1S/C15H16O3/c1-18-14-7-6-11-9-13(5-4-12(11)10-14)15(17)3-2-8-16/h4-10,15,17H,2-3H2,1H3. The molecule has 0 aliphatic rings. The molecule has 2 aromatic carbocycles. The number of hydrogen-bond acceptors (Lipinski definition) is 3. The fourth-order valence-electron chi connectivity index (χ4n) is 1.97. The van der Waals surface area contributed by atoms with Crippen LogP contribution in [0.5, 0.6) is 5.75 Å². The summed E-state index contributed by atoms with van der Waals surface area (Å²) in [6.45, 7) is 0. The zero-order valence-corrected chi connectivity index (χ0v) is 10.3. The van der Waals surface area contributed by atoms with Gasteiger partial charge in [0.1, 0.15) is 12.0 Å². The van der Waals surface area contributed by atoms with Gasteiger partial charge < -0.3 is 14.6 Å². The van der Waals surface area contributed by atoms with E-state index in [2.05, 4.69) is 0 Å². The van der Waals surface area contributed by atoms with Crippen molar-refractivity contribution in [3.05, 3.63) is 42.0 Å². The summed E-state index contributed by atoms with van der Waals surface area (Å²) in [5.41, 5.74) is 0.842. The van der Waals surface area contributed by atoms with Crippen LogP contribution in [0, 0.1) is 0 Å². The molecule has 1 atom stereocenters. The van der Waals surface area contributed by atoms with Gasteiger partial charge >= 0.3 is 0 Å². The predicted octanol–water partition coefficient (Wildman–Crippen LogP) is 2.86. The van der Waals surface area contributed by atoms with Crippen LogP contribution in [0.2, 0.25) is 0 Å². The molecule has 1 N–H and O–H groups in total. The molecule has 3 heteroatoms. The summed E-state index contributed by atoms with van der Waals surface area (Å²) >= 11 is 0. The van der Waals surface area contributed by atoms with E-state index in [9.17, 15) is 9.90 Å². The Kier molecular flexibility index (Phi) is 3.95. The highest BCUT2D eigenvalue weighted by Gasteiger charge is 2.07. The molecule has 0 heterocycles. The Labute approximate surface area is 106 Å². The van der Waals surface area contributed by atoms with Crippen LogP contribution in [0.4, 0.5) is 0 Å². The zero-order chi connectivity index (χ0) is 13.0. The molecule has 2 rings (SSSR count). The van der Waals surface area contributed by atoms with Crippen molar-refractivity contribution < 1.29 is 14.6 Å². The number of hydrogen-bond donors (Lipinski definition) is 1. The van der Waals surface area contributed by atoms with Crippen molar-refractivity contribution in [2.45, 2.75) is 18.9 Å². The molecule has 1 unspecified atom stereocenters. The monoisotopic (exact) mass is 244 g/mol. The summed E-state index contributed by atoms with van der Waals surface area (Å²) in [4.78, 5) is 10.3. The number of carbonyl (C=O) groups excluding carboxylic acids is 1. The largest absolute Gasteiger partial charge is 0.497 e. The molecular formula is C15H16O3. The molecule has 2 aromatic rings. The van der Waals surface area contributed by atoms with Gasteiger partial charge in [-0.3, -0.25) is 0 Å². The van der Waals surface area contributed by atoms with E-state index < -0.39 is 6.10 Å². The predicted molar refractivity (Wildman–Crippen MR) is 70.8 cm³/mol. The Hall–Kier alpha value is -1.87. The number of fused-ring (bicyclic) bond motifs is 1. The second-order valence-corrected chi connectivity index (χ2v) is 4.23. The Morgan fingerprint density at radius 2 is 1.94 bits per heavy atom. The molecule has 0 saturated heterocycles. The number of benzene rings is 2. The van der Waals surface area contributed by atoms with Gasteiger partial charge in [0.25, 0.3) is 0 Å². The maximum atomic E-state index is 10.3. The third-order valence-corrected chi connectivity index (χ3v) is 3.01. The molecule has 0 saturated carbocycles. The van der Waals surface area contributed by atoms with Gasteiger partial charge in [0.15, 0.2) is 0 Å². The Bertz CT molecular complexity index is 548. The van der Waals surface area contributed by atoms with Crippen molar-refractivity contribution in [2.24, 2.45) is 0 Å². The first-order chi connectivity index (χ1) is 8.74. The number of aldehydes is 1. The molecule has 0 fully saturated rings. The molecule has 0 aliphatic carbocycles. The van der Waals surface area contributed by atoms with Crippen molar-refractivity contribution in [1.82, 2.24) is 0 Å². The Morgan fingerprint density at radius 3 is 2.67 bits per heavy atom. The van der Waals surface area contributed by atoms with Crippen molar-refractivity contribution in [1.29, 1.82) is 0 Å². The molecule has 0 bridgehead atoms. The van der Waals surface area contributed by atoms with E-state index in [1.54, 1.807) is 7.11 Å². The SMILES string of the molecule is COc1ccc2cc(C(O)CCC=O)ccc2c1. The van der Waals surface area contributed by atoms with Crippen molar-refractivity contribution >= 4 is 17.1 Å². The minimum Gasteiger partial charge on any atom is -0.497 e. The number of aliphatic hydroxyl groups excluding tert-OH is 1. The number of aliphatic hydroxyl groups is 1. The van der Waals surface area contributed by atoms with E-state index in [1.165, 1.54) is 0 Å². The fourth-order valence-corrected chi connectivity index (χ4v) is 1.97. The molecule has 0 spiro atoms. The molecule has 18 heavy (non-hydrogen) atoms. The smallest absolute Gasteiger partial charge is 0.120 e. The highest BCUT2D eigenvalue weighted by atomic mass is 16.5. The summed E-state index contributed by atoms with van der Waals surface area (Å²) < 4.78 is 5.16. The van der Waals surface area contributed by atoms with Gasteiger partial charge in [0.05, 0.1) is 13.2 Å². The highest BCUT2D eigenvalue weighted by Crippen LogP contribution is 2.25. The van der Waals surface area contributed by atoms with E-state index in [0.29, 0.717) is 12.8 Å². The molecule has 94 valence electrons. The lowest BCUT2D eigenvalue weighted by molar-refractivity contribution is -0.108. The lowest BCUT2D eigenvalue weighted by Gasteiger charge is -2.10. The van der Waals surface area contributed by atoms with Gasteiger partial charge in [-0.2, -0.15) is 0 Å². The third kappa shape index (κ3) is 2.68.